The van der Waals surface area contributed by atoms with Gasteiger partial charge >= 0.3 is 0 Å². The Morgan fingerprint density at radius 1 is 1.12 bits per heavy atom. The van der Waals surface area contributed by atoms with Crippen molar-refractivity contribution in [1.82, 2.24) is 10.6 Å². The number of rotatable bonds is 11. The molecule has 0 bridgehead atoms. The number of carbonyl (C=O) groups is 1. The van der Waals surface area contributed by atoms with Crippen molar-refractivity contribution in [2.45, 2.75) is 52.3 Å². The van der Waals surface area contributed by atoms with Gasteiger partial charge in [0.25, 0.3) is 0 Å². The standard InChI is InChI=1S/C26H34F2N4O2/c1-17(2)8-19-4-5-25(32-7-6-29-16-32)21(9-19)14-30-15-26(34)24(31-18(3)33)12-20-10-22(27)13-23(28)11-20/h4-5,9-11,13,16-17,24,26,30,34H,6-8,12,14-15H2,1-3H3,(H,31,33)/t24-,26+/m0/s1. The number of nitrogens with zero attached hydrogens (tertiary/aromatic N) is 2. The number of benzene rings is 2. The molecule has 0 saturated heterocycles. The van der Waals surface area contributed by atoms with Crippen LogP contribution in [-0.4, -0.2) is 49.1 Å². The molecular weight excluding hydrogens is 438 g/mol. The summed E-state index contributed by atoms with van der Waals surface area (Å²) in [7, 11) is 0. The topological polar surface area (TPSA) is 77.0 Å². The number of hydrogen-bond donors (Lipinski definition) is 3. The Bertz CT molecular complexity index is 992. The van der Waals surface area contributed by atoms with E-state index >= 15 is 0 Å². The Morgan fingerprint density at radius 2 is 1.85 bits per heavy atom. The fourth-order valence-corrected chi connectivity index (χ4v) is 4.25. The molecule has 2 atom stereocenters. The van der Waals surface area contributed by atoms with Crippen LogP contribution in [0.15, 0.2) is 41.4 Å². The van der Waals surface area contributed by atoms with Gasteiger partial charge in [-0.1, -0.05) is 26.0 Å². The van der Waals surface area contributed by atoms with Gasteiger partial charge in [-0.2, -0.15) is 0 Å². The van der Waals surface area contributed by atoms with E-state index in [4.69, 9.17) is 0 Å². The molecule has 34 heavy (non-hydrogen) atoms. The highest BCUT2D eigenvalue weighted by Gasteiger charge is 2.22. The summed E-state index contributed by atoms with van der Waals surface area (Å²) >= 11 is 0. The summed E-state index contributed by atoms with van der Waals surface area (Å²) < 4.78 is 27.2. The van der Waals surface area contributed by atoms with Gasteiger partial charge in [-0.15, -0.1) is 0 Å². The third-order valence-corrected chi connectivity index (χ3v) is 5.69. The molecule has 6 nitrogen and oxygen atoms in total. The fourth-order valence-electron chi connectivity index (χ4n) is 4.25. The van der Waals surface area contributed by atoms with Crippen LogP contribution in [0.1, 0.15) is 37.5 Å². The summed E-state index contributed by atoms with van der Waals surface area (Å²) in [6.45, 7) is 8.02. The van der Waals surface area contributed by atoms with Gasteiger partial charge in [0.1, 0.15) is 11.6 Å². The highest BCUT2D eigenvalue weighted by Crippen LogP contribution is 2.24. The second-order valence-electron chi connectivity index (χ2n) is 9.26. The minimum atomic E-state index is -0.953. The van der Waals surface area contributed by atoms with Gasteiger partial charge in [-0.05, 0) is 53.6 Å². The number of halogens is 2. The number of aliphatic imine (C=N–C) groups is 1. The fraction of sp³-hybridized carbons (Fsp3) is 0.462. The molecule has 0 spiro atoms. The van der Waals surface area contributed by atoms with Crippen LogP contribution >= 0.6 is 0 Å². The zero-order chi connectivity index (χ0) is 24.7. The lowest BCUT2D eigenvalue weighted by Crippen LogP contribution is -2.48. The monoisotopic (exact) mass is 472 g/mol. The molecule has 0 saturated carbocycles. The highest BCUT2D eigenvalue weighted by molar-refractivity contribution is 5.82. The lowest BCUT2D eigenvalue weighted by atomic mass is 9.99. The van der Waals surface area contributed by atoms with E-state index < -0.39 is 23.8 Å². The predicted octanol–water partition coefficient (Wildman–Crippen LogP) is 3.21. The third kappa shape index (κ3) is 7.60. The first-order valence-corrected chi connectivity index (χ1v) is 11.7. The van der Waals surface area contributed by atoms with Gasteiger partial charge in [-0.3, -0.25) is 9.79 Å². The molecule has 1 amide bonds. The van der Waals surface area contributed by atoms with Crippen molar-refractivity contribution in [2.24, 2.45) is 10.9 Å². The summed E-state index contributed by atoms with van der Waals surface area (Å²) in [4.78, 5) is 18.1. The van der Waals surface area contributed by atoms with E-state index in [-0.39, 0.29) is 18.9 Å². The van der Waals surface area contributed by atoms with Crippen molar-refractivity contribution in [1.29, 1.82) is 0 Å². The highest BCUT2D eigenvalue weighted by atomic mass is 19.1. The lowest BCUT2D eigenvalue weighted by molar-refractivity contribution is -0.120. The normalized spacial score (nSPS) is 15.1. The van der Waals surface area contributed by atoms with Crippen LogP contribution in [0.25, 0.3) is 0 Å². The van der Waals surface area contributed by atoms with Crippen molar-refractivity contribution in [3.63, 3.8) is 0 Å². The van der Waals surface area contributed by atoms with Gasteiger partial charge in [-0.25, -0.2) is 8.78 Å². The first kappa shape index (κ1) is 25.8. The Morgan fingerprint density at radius 3 is 2.47 bits per heavy atom. The van der Waals surface area contributed by atoms with Crippen LogP contribution in [0.4, 0.5) is 14.5 Å². The number of aliphatic hydroxyl groups is 1. The zero-order valence-corrected chi connectivity index (χ0v) is 20.0. The number of amides is 1. The average Bonchev–Trinajstić information content (AvgIpc) is 3.26. The van der Waals surface area contributed by atoms with Crippen LogP contribution in [0.5, 0.6) is 0 Å². The predicted molar refractivity (Wildman–Crippen MR) is 131 cm³/mol. The number of anilines is 1. The molecule has 1 heterocycles. The summed E-state index contributed by atoms with van der Waals surface area (Å²) in [5.41, 5.74) is 3.79. The minimum absolute atomic E-state index is 0.108. The SMILES string of the molecule is CC(=O)N[C@@H](Cc1cc(F)cc(F)c1)[C@H](O)CNCc1cc(CC(C)C)ccc1N1C=NCC1. The second-order valence-corrected chi connectivity index (χ2v) is 9.26. The first-order valence-electron chi connectivity index (χ1n) is 11.7. The summed E-state index contributed by atoms with van der Waals surface area (Å²) in [6, 6.07) is 8.96. The number of carbonyl (C=O) groups excluding carboxylic acids is 1. The molecule has 3 N–H and O–H groups in total. The minimum Gasteiger partial charge on any atom is -0.390 e. The van der Waals surface area contributed by atoms with Crippen LogP contribution < -0.4 is 15.5 Å². The van der Waals surface area contributed by atoms with Gasteiger partial charge in [0.05, 0.1) is 25.0 Å². The second kappa shape index (κ2) is 12.0. The third-order valence-electron chi connectivity index (χ3n) is 5.69. The van der Waals surface area contributed by atoms with Crippen LogP contribution in [-0.2, 0) is 24.2 Å². The molecule has 0 radical (unpaired) electrons. The number of nitrogens with one attached hydrogen (secondary N) is 2. The van der Waals surface area contributed by atoms with Crippen LogP contribution in [0.3, 0.4) is 0 Å². The van der Waals surface area contributed by atoms with E-state index in [2.05, 4.69) is 52.6 Å². The molecule has 1 aliphatic rings. The Hall–Kier alpha value is -2.84. The summed E-state index contributed by atoms with van der Waals surface area (Å²) in [6.07, 6.45) is 1.97. The van der Waals surface area contributed by atoms with Crippen molar-refractivity contribution in [3.8, 4) is 0 Å². The molecule has 2 aromatic rings. The van der Waals surface area contributed by atoms with E-state index in [0.717, 1.165) is 36.8 Å². The van der Waals surface area contributed by atoms with Gasteiger partial charge in [0.15, 0.2) is 0 Å². The zero-order valence-electron chi connectivity index (χ0n) is 20.0. The van der Waals surface area contributed by atoms with Crippen molar-refractivity contribution in [2.75, 3.05) is 24.5 Å². The van der Waals surface area contributed by atoms with Gasteiger partial charge < -0.3 is 20.6 Å². The Balaban J connectivity index is 1.68. The van der Waals surface area contributed by atoms with Crippen LogP contribution in [0.2, 0.25) is 0 Å². The number of aliphatic hydroxyl groups excluding tert-OH is 1. The quantitative estimate of drug-likeness (QED) is 0.470. The molecule has 0 aliphatic carbocycles. The summed E-state index contributed by atoms with van der Waals surface area (Å²) in [5, 5.41) is 16.8. The molecule has 2 aromatic carbocycles. The Labute approximate surface area is 200 Å². The van der Waals surface area contributed by atoms with E-state index in [1.54, 1.807) is 0 Å². The molecule has 3 rings (SSSR count). The van der Waals surface area contributed by atoms with Crippen molar-refractivity contribution >= 4 is 17.9 Å². The maximum atomic E-state index is 13.6. The molecule has 8 heteroatoms. The van der Waals surface area contributed by atoms with Crippen molar-refractivity contribution in [3.05, 3.63) is 64.7 Å². The average molecular weight is 473 g/mol. The van der Waals surface area contributed by atoms with Gasteiger partial charge in [0.2, 0.25) is 5.91 Å². The molecule has 0 fully saturated rings. The Kier molecular flexibility index (Phi) is 9.12. The maximum absolute atomic E-state index is 13.6. The first-order chi connectivity index (χ1) is 16.2. The summed E-state index contributed by atoms with van der Waals surface area (Å²) in [5.74, 6) is -1.17. The van der Waals surface area contributed by atoms with E-state index in [0.29, 0.717) is 18.0 Å². The smallest absolute Gasteiger partial charge is 0.217 e. The molecule has 1 aliphatic heterocycles. The molecule has 0 unspecified atom stereocenters. The number of hydrogen-bond acceptors (Lipinski definition) is 5. The van der Waals surface area contributed by atoms with Crippen molar-refractivity contribution < 1.29 is 18.7 Å². The van der Waals surface area contributed by atoms with Crippen LogP contribution in [0, 0.1) is 17.6 Å². The van der Waals surface area contributed by atoms with E-state index in [1.807, 2.05) is 6.34 Å². The largest absolute Gasteiger partial charge is 0.390 e. The molecule has 184 valence electrons. The lowest BCUT2D eigenvalue weighted by Gasteiger charge is -2.25. The van der Waals surface area contributed by atoms with E-state index in [1.165, 1.54) is 24.6 Å². The van der Waals surface area contributed by atoms with Gasteiger partial charge in [0, 0.05) is 38.3 Å². The molecule has 0 aromatic heterocycles. The van der Waals surface area contributed by atoms with E-state index in [9.17, 15) is 18.7 Å². The maximum Gasteiger partial charge on any atom is 0.217 e. The molecular formula is C26H34F2N4O2.